The first-order valence-electron chi connectivity index (χ1n) is 4.86. The van der Waals surface area contributed by atoms with Crippen molar-refractivity contribution in [2.45, 2.75) is 40.2 Å². The third kappa shape index (κ3) is 4.62. The summed E-state index contributed by atoms with van der Waals surface area (Å²) in [5.41, 5.74) is 1.00. The summed E-state index contributed by atoms with van der Waals surface area (Å²) in [5, 5.41) is 16.3. The molecular formula is C9H19N3O. The molecule has 0 unspecified atom stereocenters. The molecule has 0 atom stereocenters. The van der Waals surface area contributed by atoms with E-state index in [1.54, 1.807) is 4.68 Å². The predicted molar refractivity (Wildman–Crippen MR) is 52.5 cm³/mol. The van der Waals surface area contributed by atoms with Crippen LogP contribution in [0.4, 0.5) is 0 Å². The van der Waals surface area contributed by atoms with Crippen LogP contribution in [0.2, 0.25) is 0 Å². The van der Waals surface area contributed by atoms with Crippen molar-refractivity contribution in [2.24, 2.45) is 0 Å². The first kappa shape index (κ1) is 12.1. The standard InChI is InChI=1S/C7H13N3O.C2H6/c1-2-3-7-6-10(4-5-11)9-8-7;1-2/h6,11H,2-5H2,1H3;1-2H3. The van der Waals surface area contributed by atoms with Crippen LogP contribution in [0.5, 0.6) is 0 Å². The van der Waals surface area contributed by atoms with Gasteiger partial charge in [-0.3, -0.25) is 0 Å². The smallest absolute Gasteiger partial charge is 0.0827 e. The molecule has 1 N–H and O–H groups in total. The van der Waals surface area contributed by atoms with E-state index in [1.165, 1.54) is 0 Å². The molecule has 76 valence electrons. The summed E-state index contributed by atoms with van der Waals surface area (Å²) < 4.78 is 1.66. The van der Waals surface area contributed by atoms with Crippen LogP contribution in [0.3, 0.4) is 0 Å². The van der Waals surface area contributed by atoms with E-state index in [0.29, 0.717) is 6.54 Å². The van der Waals surface area contributed by atoms with Gasteiger partial charge in [-0.15, -0.1) is 5.10 Å². The van der Waals surface area contributed by atoms with Gasteiger partial charge in [0, 0.05) is 6.20 Å². The maximum Gasteiger partial charge on any atom is 0.0827 e. The second-order valence-corrected chi connectivity index (χ2v) is 2.45. The molecule has 0 radical (unpaired) electrons. The van der Waals surface area contributed by atoms with Crippen LogP contribution in [-0.2, 0) is 13.0 Å². The molecule has 0 aliphatic heterocycles. The number of hydrogen-bond acceptors (Lipinski definition) is 3. The lowest BCUT2D eigenvalue weighted by Crippen LogP contribution is -2.02. The number of aromatic nitrogens is 3. The van der Waals surface area contributed by atoms with Crippen LogP contribution in [-0.4, -0.2) is 26.7 Å². The van der Waals surface area contributed by atoms with E-state index in [9.17, 15) is 0 Å². The first-order valence-corrected chi connectivity index (χ1v) is 4.86. The molecule has 0 spiro atoms. The molecule has 0 bridgehead atoms. The molecule has 0 saturated heterocycles. The molecule has 0 aliphatic rings. The fourth-order valence-corrected chi connectivity index (χ4v) is 0.921. The maximum atomic E-state index is 8.57. The van der Waals surface area contributed by atoms with Crippen molar-refractivity contribution < 1.29 is 5.11 Å². The van der Waals surface area contributed by atoms with E-state index in [2.05, 4.69) is 17.2 Å². The van der Waals surface area contributed by atoms with Crippen molar-refractivity contribution in [3.63, 3.8) is 0 Å². The minimum absolute atomic E-state index is 0.120. The fourth-order valence-electron chi connectivity index (χ4n) is 0.921. The van der Waals surface area contributed by atoms with Crippen LogP contribution in [0.25, 0.3) is 0 Å². The summed E-state index contributed by atoms with van der Waals surface area (Å²) >= 11 is 0. The SMILES string of the molecule is CC.CCCc1cn(CCO)nn1. The molecule has 0 saturated carbocycles. The van der Waals surface area contributed by atoms with Crippen molar-refractivity contribution in [2.75, 3.05) is 6.61 Å². The molecule has 0 aromatic carbocycles. The minimum atomic E-state index is 0.120. The van der Waals surface area contributed by atoms with E-state index in [4.69, 9.17) is 5.11 Å². The van der Waals surface area contributed by atoms with Crippen LogP contribution in [0, 0.1) is 0 Å². The van der Waals surface area contributed by atoms with Crippen molar-refractivity contribution in [1.29, 1.82) is 0 Å². The molecular weight excluding hydrogens is 166 g/mol. The Hall–Kier alpha value is -0.900. The van der Waals surface area contributed by atoms with Gasteiger partial charge in [0.1, 0.15) is 0 Å². The van der Waals surface area contributed by atoms with Gasteiger partial charge in [0.2, 0.25) is 0 Å². The quantitative estimate of drug-likeness (QED) is 0.768. The third-order valence-corrected chi connectivity index (χ3v) is 1.42. The summed E-state index contributed by atoms with van der Waals surface area (Å²) in [6.07, 6.45) is 3.92. The highest BCUT2D eigenvalue weighted by atomic mass is 16.3. The summed E-state index contributed by atoms with van der Waals surface area (Å²) in [6.45, 7) is 6.76. The molecule has 13 heavy (non-hydrogen) atoms. The van der Waals surface area contributed by atoms with Gasteiger partial charge in [0.25, 0.3) is 0 Å². The Labute approximate surface area is 79.6 Å². The van der Waals surface area contributed by atoms with Crippen LogP contribution in [0.1, 0.15) is 32.9 Å². The average Bonchev–Trinajstić information content (AvgIpc) is 2.58. The number of aliphatic hydroxyl groups excluding tert-OH is 1. The van der Waals surface area contributed by atoms with Gasteiger partial charge in [-0.1, -0.05) is 32.4 Å². The number of nitrogens with zero attached hydrogens (tertiary/aromatic N) is 3. The molecule has 4 heteroatoms. The summed E-state index contributed by atoms with van der Waals surface area (Å²) in [5.74, 6) is 0. The lowest BCUT2D eigenvalue weighted by molar-refractivity contribution is 0.268. The van der Waals surface area contributed by atoms with Crippen molar-refractivity contribution in [1.82, 2.24) is 15.0 Å². The lowest BCUT2D eigenvalue weighted by Gasteiger charge is -1.91. The van der Waals surface area contributed by atoms with E-state index in [-0.39, 0.29) is 6.61 Å². The topological polar surface area (TPSA) is 50.9 Å². The molecule has 0 amide bonds. The highest BCUT2D eigenvalue weighted by Gasteiger charge is 1.97. The number of aryl methyl sites for hydroxylation is 1. The molecule has 1 rings (SSSR count). The largest absolute Gasteiger partial charge is 0.394 e. The Morgan fingerprint density at radius 3 is 2.69 bits per heavy atom. The zero-order valence-corrected chi connectivity index (χ0v) is 8.69. The van der Waals surface area contributed by atoms with Crippen molar-refractivity contribution in [3.05, 3.63) is 11.9 Å². The number of rotatable bonds is 4. The van der Waals surface area contributed by atoms with E-state index in [0.717, 1.165) is 18.5 Å². The Balaban J connectivity index is 0.000000671. The number of aliphatic hydroxyl groups is 1. The second kappa shape index (κ2) is 7.73. The highest BCUT2D eigenvalue weighted by molar-refractivity contribution is 4.91. The Morgan fingerprint density at radius 1 is 1.46 bits per heavy atom. The summed E-state index contributed by atoms with van der Waals surface area (Å²) in [4.78, 5) is 0. The molecule has 1 aromatic heterocycles. The molecule has 1 heterocycles. The van der Waals surface area contributed by atoms with E-state index < -0.39 is 0 Å². The van der Waals surface area contributed by atoms with Gasteiger partial charge in [-0.2, -0.15) is 0 Å². The van der Waals surface area contributed by atoms with Crippen LogP contribution >= 0.6 is 0 Å². The second-order valence-electron chi connectivity index (χ2n) is 2.45. The zero-order chi connectivity index (χ0) is 10.1. The van der Waals surface area contributed by atoms with Gasteiger partial charge in [-0.25, -0.2) is 4.68 Å². The van der Waals surface area contributed by atoms with Crippen molar-refractivity contribution >= 4 is 0 Å². The monoisotopic (exact) mass is 185 g/mol. The Morgan fingerprint density at radius 2 is 2.15 bits per heavy atom. The Kier molecular flexibility index (Phi) is 7.20. The minimum Gasteiger partial charge on any atom is -0.394 e. The Bertz CT molecular complexity index is 190. The van der Waals surface area contributed by atoms with Crippen LogP contribution < -0.4 is 0 Å². The maximum absolute atomic E-state index is 8.57. The molecule has 0 fully saturated rings. The molecule has 1 aromatic rings. The van der Waals surface area contributed by atoms with Gasteiger partial charge in [-0.05, 0) is 6.42 Å². The summed E-state index contributed by atoms with van der Waals surface area (Å²) in [6, 6.07) is 0. The van der Waals surface area contributed by atoms with E-state index in [1.807, 2.05) is 20.0 Å². The zero-order valence-electron chi connectivity index (χ0n) is 8.69. The third-order valence-electron chi connectivity index (χ3n) is 1.42. The first-order chi connectivity index (χ1) is 6.36. The fraction of sp³-hybridized carbons (Fsp3) is 0.778. The van der Waals surface area contributed by atoms with Gasteiger partial charge in [0.05, 0.1) is 18.8 Å². The van der Waals surface area contributed by atoms with Gasteiger partial charge < -0.3 is 5.11 Å². The molecule has 4 nitrogen and oxygen atoms in total. The van der Waals surface area contributed by atoms with E-state index >= 15 is 0 Å². The summed E-state index contributed by atoms with van der Waals surface area (Å²) in [7, 11) is 0. The van der Waals surface area contributed by atoms with Crippen LogP contribution in [0.15, 0.2) is 6.20 Å². The predicted octanol–water partition coefficient (Wildman–Crippen LogP) is 1.25. The lowest BCUT2D eigenvalue weighted by atomic mass is 10.3. The van der Waals surface area contributed by atoms with Gasteiger partial charge >= 0.3 is 0 Å². The average molecular weight is 185 g/mol. The van der Waals surface area contributed by atoms with Gasteiger partial charge in [0.15, 0.2) is 0 Å². The molecule has 0 aliphatic carbocycles. The normalized spacial score (nSPS) is 9.23. The number of hydrogen-bond donors (Lipinski definition) is 1. The van der Waals surface area contributed by atoms with Crippen molar-refractivity contribution in [3.8, 4) is 0 Å². The highest BCUT2D eigenvalue weighted by Crippen LogP contribution is 1.96.